The molecule has 1 aliphatic heterocycles. The summed E-state index contributed by atoms with van der Waals surface area (Å²) in [5.41, 5.74) is 1.09. The molecule has 5 heteroatoms. The highest BCUT2D eigenvalue weighted by Crippen LogP contribution is 2.34. The Morgan fingerprint density at radius 2 is 1.85 bits per heavy atom. The van der Waals surface area contributed by atoms with E-state index in [0.717, 1.165) is 22.9 Å². The molecular formula is C15H18N2O2S. The zero-order valence-corrected chi connectivity index (χ0v) is 12.5. The Morgan fingerprint density at radius 1 is 1.15 bits per heavy atom. The van der Waals surface area contributed by atoms with Crippen molar-refractivity contribution in [2.24, 2.45) is 0 Å². The van der Waals surface area contributed by atoms with Gasteiger partial charge in [-0.2, -0.15) is 4.31 Å². The van der Waals surface area contributed by atoms with E-state index < -0.39 is 10.0 Å². The molecule has 2 aromatic rings. The highest BCUT2D eigenvalue weighted by Gasteiger charge is 2.31. The predicted octanol–water partition coefficient (Wildman–Crippen LogP) is 1.91. The third-order valence-electron chi connectivity index (χ3n) is 3.71. The third-order valence-corrected chi connectivity index (χ3v) is 5.60. The smallest absolute Gasteiger partial charge is 0.244 e. The standard InChI is InChI=1S/C15H18N2O2S/c1-16(2)9-10-17-11-13-7-3-5-12-6-4-8-14(15(12)13)20(17,18)19/h3-8H,9-11H2,1-2H3. The molecule has 4 nitrogen and oxygen atoms in total. The van der Waals surface area contributed by atoms with E-state index in [-0.39, 0.29) is 0 Å². The van der Waals surface area contributed by atoms with Gasteiger partial charge in [0.1, 0.15) is 0 Å². The molecule has 2 aromatic carbocycles. The highest BCUT2D eigenvalue weighted by molar-refractivity contribution is 7.89. The fraction of sp³-hybridized carbons (Fsp3) is 0.333. The fourth-order valence-corrected chi connectivity index (χ4v) is 4.32. The molecule has 3 rings (SSSR count). The Bertz CT molecular complexity index is 748. The molecule has 0 fully saturated rings. The quantitative estimate of drug-likeness (QED) is 0.867. The van der Waals surface area contributed by atoms with E-state index in [1.165, 1.54) is 0 Å². The van der Waals surface area contributed by atoms with Crippen molar-refractivity contribution in [3.63, 3.8) is 0 Å². The monoisotopic (exact) mass is 290 g/mol. The molecule has 0 saturated heterocycles. The summed E-state index contributed by atoms with van der Waals surface area (Å²) in [4.78, 5) is 2.44. The first kappa shape index (κ1) is 13.5. The summed E-state index contributed by atoms with van der Waals surface area (Å²) >= 11 is 0. The Balaban J connectivity index is 2.12. The van der Waals surface area contributed by atoms with Gasteiger partial charge in [-0.25, -0.2) is 8.42 Å². The van der Waals surface area contributed by atoms with Crippen molar-refractivity contribution in [3.8, 4) is 0 Å². The van der Waals surface area contributed by atoms with E-state index >= 15 is 0 Å². The molecule has 0 spiro atoms. The van der Waals surface area contributed by atoms with Crippen LogP contribution in [0.1, 0.15) is 5.56 Å². The molecule has 0 radical (unpaired) electrons. The molecule has 1 heterocycles. The second-order valence-corrected chi connectivity index (χ2v) is 7.32. The minimum atomic E-state index is -3.38. The first-order valence-corrected chi connectivity index (χ1v) is 8.09. The van der Waals surface area contributed by atoms with Gasteiger partial charge in [-0.05, 0) is 31.1 Å². The van der Waals surface area contributed by atoms with Crippen molar-refractivity contribution in [3.05, 3.63) is 42.0 Å². The lowest BCUT2D eigenvalue weighted by molar-refractivity contribution is 0.328. The number of sulfonamides is 1. The maximum atomic E-state index is 12.7. The molecule has 0 N–H and O–H groups in total. The van der Waals surface area contributed by atoms with Gasteiger partial charge in [0, 0.05) is 25.0 Å². The van der Waals surface area contributed by atoms with Crippen LogP contribution in [-0.2, 0) is 16.6 Å². The normalized spacial score (nSPS) is 17.8. The summed E-state index contributed by atoms with van der Waals surface area (Å²) in [5.74, 6) is 0. The van der Waals surface area contributed by atoms with E-state index in [4.69, 9.17) is 0 Å². The van der Waals surface area contributed by atoms with Crippen LogP contribution in [0, 0.1) is 0 Å². The van der Waals surface area contributed by atoms with Crippen LogP contribution in [0.15, 0.2) is 41.3 Å². The van der Waals surface area contributed by atoms with Gasteiger partial charge in [-0.3, -0.25) is 0 Å². The summed E-state index contributed by atoms with van der Waals surface area (Å²) in [6.45, 7) is 1.70. The van der Waals surface area contributed by atoms with E-state index in [1.54, 1.807) is 10.4 Å². The van der Waals surface area contributed by atoms with Gasteiger partial charge >= 0.3 is 0 Å². The van der Waals surface area contributed by atoms with E-state index in [9.17, 15) is 8.42 Å². The molecule has 0 aromatic heterocycles. The van der Waals surface area contributed by atoms with Gasteiger partial charge in [0.15, 0.2) is 0 Å². The molecule has 0 atom stereocenters. The number of nitrogens with zero attached hydrogens (tertiary/aromatic N) is 2. The lowest BCUT2D eigenvalue weighted by atomic mass is 10.0. The number of likely N-dealkylation sites (N-methyl/N-ethyl adjacent to an activating group) is 1. The van der Waals surface area contributed by atoms with Crippen molar-refractivity contribution < 1.29 is 8.42 Å². The largest absolute Gasteiger partial charge is 0.308 e. The van der Waals surface area contributed by atoms with Gasteiger partial charge in [-0.15, -0.1) is 0 Å². The molecule has 20 heavy (non-hydrogen) atoms. The van der Waals surface area contributed by atoms with Crippen molar-refractivity contribution in [1.82, 2.24) is 9.21 Å². The zero-order chi connectivity index (χ0) is 14.3. The number of hydrogen-bond donors (Lipinski definition) is 0. The Hall–Kier alpha value is -1.43. The van der Waals surface area contributed by atoms with Gasteiger partial charge < -0.3 is 4.90 Å². The molecule has 106 valence electrons. The second-order valence-electron chi connectivity index (χ2n) is 5.41. The first-order valence-electron chi connectivity index (χ1n) is 6.65. The van der Waals surface area contributed by atoms with Crippen LogP contribution in [0.5, 0.6) is 0 Å². The number of benzene rings is 2. The number of rotatable bonds is 3. The van der Waals surface area contributed by atoms with Crippen molar-refractivity contribution in [2.45, 2.75) is 11.4 Å². The van der Waals surface area contributed by atoms with Gasteiger partial charge in [0.25, 0.3) is 0 Å². The predicted molar refractivity (Wildman–Crippen MR) is 80.1 cm³/mol. The Kier molecular flexibility index (Phi) is 3.28. The van der Waals surface area contributed by atoms with Crippen LogP contribution in [0.4, 0.5) is 0 Å². The van der Waals surface area contributed by atoms with Gasteiger partial charge in [-0.1, -0.05) is 30.3 Å². The minimum Gasteiger partial charge on any atom is -0.308 e. The van der Waals surface area contributed by atoms with Crippen LogP contribution in [0.2, 0.25) is 0 Å². The van der Waals surface area contributed by atoms with Crippen LogP contribution >= 0.6 is 0 Å². The lowest BCUT2D eigenvalue weighted by Crippen LogP contribution is -2.38. The minimum absolute atomic E-state index is 0.440. The maximum Gasteiger partial charge on any atom is 0.244 e. The average molecular weight is 290 g/mol. The van der Waals surface area contributed by atoms with E-state index in [2.05, 4.69) is 0 Å². The van der Waals surface area contributed by atoms with Gasteiger partial charge in [0.05, 0.1) is 4.90 Å². The lowest BCUT2D eigenvalue weighted by Gasteiger charge is -2.29. The van der Waals surface area contributed by atoms with Crippen LogP contribution in [-0.4, -0.2) is 44.8 Å². The van der Waals surface area contributed by atoms with Crippen LogP contribution in [0.3, 0.4) is 0 Å². The Labute approximate surface area is 119 Å². The zero-order valence-electron chi connectivity index (χ0n) is 11.7. The first-order chi connectivity index (χ1) is 9.50. The van der Waals surface area contributed by atoms with Crippen molar-refractivity contribution in [2.75, 3.05) is 27.2 Å². The van der Waals surface area contributed by atoms with Crippen molar-refractivity contribution in [1.29, 1.82) is 0 Å². The molecule has 0 bridgehead atoms. The average Bonchev–Trinajstić information content (AvgIpc) is 2.41. The summed E-state index contributed by atoms with van der Waals surface area (Å²) in [6.07, 6.45) is 0. The summed E-state index contributed by atoms with van der Waals surface area (Å²) in [5, 5.41) is 1.88. The molecule has 0 amide bonds. The molecular weight excluding hydrogens is 272 g/mol. The molecule has 0 saturated carbocycles. The maximum absolute atomic E-state index is 12.7. The fourth-order valence-electron chi connectivity index (χ4n) is 2.65. The summed E-state index contributed by atoms with van der Waals surface area (Å²) in [7, 11) is 0.521. The second kappa shape index (κ2) is 4.84. The summed E-state index contributed by atoms with van der Waals surface area (Å²) < 4.78 is 27.0. The molecule has 0 unspecified atom stereocenters. The topological polar surface area (TPSA) is 40.6 Å². The van der Waals surface area contributed by atoms with E-state index in [0.29, 0.717) is 18.0 Å². The molecule has 0 aliphatic carbocycles. The van der Waals surface area contributed by atoms with Crippen LogP contribution < -0.4 is 0 Å². The summed E-state index contributed by atoms with van der Waals surface area (Å²) in [6, 6.07) is 11.5. The Morgan fingerprint density at radius 3 is 2.55 bits per heavy atom. The number of hydrogen-bond acceptors (Lipinski definition) is 3. The SMILES string of the molecule is CN(C)CCN1Cc2cccc3cccc(c23)S1(=O)=O. The van der Waals surface area contributed by atoms with E-state index in [1.807, 2.05) is 49.3 Å². The highest BCUT2D eigenvalue weighted by atomic mass is 32.2. The third kappa shape index (κ3) is 2.12. The molecule has 1 aliphatic rings. The van der Waals surface area contributed by atoms with Gasteiger partial charge in [0.2, 0.25) is 10.0 Å². The van der Waals surface area contributed by atoms with Crippen LogP contribution in [0.25, 0.3) is 10.8 Å². The van der Waals surface area contributed by atoms with Crippen molar-refractivity contribution >= 4 is 20.8 Å².